The van der Waals surface area contributed by atoms with Gasteiger partial charge < -0.3 is 19.3 Å². The van der Waals surface area contributed by atoms with E-state index in [1.807, 2.05) is 0 Å². The molecule has 0 amide bonds. The Bertz CT molecular complexity index is 276. The van der Waals surface area contributed by atoms with Gasteiger partial charge in [0.05, 0.1) is 13.2 Å². The van der Waals surface area contributed by atoms with Crippen molar-refractivity contribution in [1.82, 2.24) is 0 Å². The molecule has 1 aliphatic rings. The van der Waals surface area contributed by atoms with Gasteiger partial charge in [0.25, 0.3) is 0 Å². The van der Waals surface area contributed by atoms with E-state index in [0.717, 1.165) is 6.08 Å². The van der Waals surface area contributed by atoms with Gasteiger partial charge in [-0.15, -0.1) is 0 Å². The lowest BCUT2D eigenvalue weighted by Crippen LogP contribution is -2.32. The topological polar surface area (TPSA) is 82.1 Å². The molecule has 15 heavy (non-hydrogen) atoms. The number of carboxylic acid groups (broad SMARTS) is 1. The van der Waals surface area contributed by atoms with Crippen molar-refractivity contribution in [2.75, 3.05) is 19.8 Å². The van der Waals surface area contributed by atoms with Crippen molar-refractivity contribution in [3.05, 3.63) is 11.6 Å². The van der Waals surface area contributed by atoms with E-state index in [9.17, 15) is 9.59 Å². The number of carbonyl (C=O) groups excluding carboxylic acids is 1. The van der Waals surface area contributed by atoms with Gasteiger partial charge in [-0.25, -0.2) is 9.59 Å². The Hall–Kier alpha value is -1.40. The lowest BCUT2D eigenvalue weighted by molar-refractivity contribution is -0.210. The maximum absolute atomic E-state index is 11.1. The lowest BCUT2D eigenvalue weighted by Gasteiger charge is -2.21. The second kappa shape index (κ2) is 5.47. The van der Waals surface area contributed by atoms with E-state index in [4.69, 9.17) is 19.3 Å². The number of aliphatic carboxylic acids is 1. The average Bonchev–Trinajstić information content (AvgIpc) is 2.18. The molecule has 1 aliphatic heterocycles. The smallest absolute Gasteiger partial charge is 0.333 e. The van der Waals surface area contributed by atoms with Crippen LogP contribution in [0.25, 0.3) is 0 Å². The van der Waals surface area contributed by atoms with E-state index in [-0.39, 0.29) is 12.2 Å². The molecule has 0 aliphatic carbocycles. The Morgan fingerprint density at radius 3 is 2.73 bits per heavy atom. The SMILES string of the molecule is C/C(=C/C(=O)OC1COCCO1)C(=O)O. The summed E-state index contributed by atoms with van der Waals surface area (Å²) in [6.07, 6.45) is 0.157. The van der Waals surface area contributed by atoms with Crippen LogP contribution < -0.4 is 0 Å². The quantitative estimate of drug-likeness (QED) is 0.525. The van der Waals surface area contributed by atoms with Crippen LogP contribution in [0.5, 0.6) is 0 Å². The number of ether oxygens (including phenoxy) is 3. The molecule has 1 rings (SSSR count). The van der Waals surface area contributed by atoms with Crippen LogP contribution >= 0.6 is 0 Å². The predicted molar refractivity (Wildman–Crippen MR) is 48.0 cm³/mol. The second-order valence-electron chi connectivity index (χ2n) is 2.94. The minimum Gasteiger partial charge on any atom is -0.478 e. The van der Waals surface area contributed by atoms with Crippen LogP contribution in [0.3, 0.4) is 0 Å². The zero-order valence-corrected chi connectivity index (χ0v) is 8.26. The second-order valence-corrected chi connectivity index (χ2v) is 2.94. The zero-order valence-electron chi connectivity index (χ0n) is 8.26. The number of rotatable bonds is 3. The molecule has 1 N–H and O–H groups in total. The van der Waals surface area contributed by atoms with Crippen LogP contribution in [0.4, 0.5) is 0 Å². The van der Waals surface area contributed by atoms with Crippen molar-refractivity contribution in [1.29, 1.82) is 0 Å². The summed E-state index contributed by atoms with van der Waals surface area (Å²) < 4.78 is 14.8. The van der Waals surface area contributed by atoms with Crippen molar-refractivity contribution >= 4 is 11.9 Å². The van der Waals surface area contributed by atoms with Gasteiger partial charge in [0.2, 0.25) is 6.29 Å². The summed E-state index contributed by atoms with van der Waals surface area (Å²) in [6.45, 7) is 2.31. The third kappa shape index (κ3) is 4.09. The molecule has 0 bridgehead atoms. The summed E-state index contributed by atoms with van der Waals surface area (Å²) >= 11 is 0. The van der Waals surface area contributed by atoms with Crippen LogP contribution in [0.2, 0.25) is 0 Å². The highest BCUT2D eigenvalue weighted by Gasteiger charge is 2.18. The average molecular weight is 216 g/mol. The monoisotopic (exact) mass is 216 g/mol. The van der Waals surface area contributed by atoms with E-state index < -0.39 is 18.2 Å². The van der Waals surface area contributed by atoms with Crippen LogP contribution in [0.15, 0.2) is 11.6 Å². The molecular weight excluding hydrogens is 204 g/mol. The zero-order chi connectivity index (χ0) is 11.3. The Labute approximate surface area is 86.4 Å². The summed E-state index contributed by atoms with van der Waals surface area (Å²) in [5.74, 6) is -1.90. The minimum absolute atomic E-state index is 0.0864. The van der Waals surface area contributed by atoms with E-state index >= 15 is 0 Å². The Balaban J connectivity index is 2.41. The Morgan fingerprint density at radius 2 is 2.20 bits per heavy atom. The Kier molecular flexibility index (Phi) is 4.26. The first-order valence-electron chi connectivity index (χ1n) is 4.41. The standard InChI is InChI=1S/C9H12O6/c1-6(9(11)12)4-7(10)15-8-5-13-2-3-14-8/h4,8H,2-3,5H2,1H3,(H,11,12)/b6-4-. The highest BCUT2D eigenvalue weighted by molar-refractivity contribution is 5.94. The van der Waals surface area contributed by atoms with E-state index in [2.05, 4.69) is 0 Å². The molecule has 1 unspecified atom stereocenters. The van der Waals surface area contributed by atoms with Crippen molar-refractivity contribution in [3.63, 3.8) is 0 Å². The maximum atomic E-state index is 11.1. The van der Waals surface area contributed by atoms with Crippen LogP contribution in [0.1, 0.15) is 6.92 Å². The van der Waals surface area contributed by atoms with Gasteiger partial charge in [0, 0.05) is 11.6 Å². The minimum atomic E-state index is -1.16. The highest BCUT2D eigenvalue weighted by Crippen LogP contribution is 2.04. The fraction of sp³-hybridized carbons (Fsp3) is 0.556. The molecule has 6 heteroatoms. The molecule has 0 spiro atoms. The summed E-state index contributed by atoms with van der Waals surface area (Å²) in [5, 5.41) is 8.50. The predicted octanol–water partition coefficient (Wildman–Crippen LogP) is -0.0666. The summed E-state index contributed by atoms with van der Waals surface area (Å²) in [5.41, 5.74) is -0.0864. The Morgan fingerprint density at radius 1 is 1.47 bits per heavy atom. The third-order valence-corrected chi connectivity index (χ3v) is 1.70. The van der Waals surface area contributed by atoms with Gasteiger partial charge in [-0.1, -0.05) is 0 Å². The molecule has 84 valence electrons. The first kappa shape index (κ1) is 11.7. The summed E-state index contributed by atoms with van der Waals surface area (Å²) in [7, 11) is 0. The first-order chi connectivity index (χ1) is 7.09. The fourth-order valence-electron chi connectivity index (χ4n) is 0.936. The number of carbonyl (C=O) groups is 2. The highest BCUT2D eigenvalue weighted by atomic mass is 16.7. The van der Waals surface area contributed by atoms with E-state index in [0.29, 0.717) is 13.2 Å². The van der Waals surface area contributed by atoms with Crippen molar-refractivity contribution in [2.24, 2.45) is 0 Å². The van der Waals surface area contributed by atoms with Gasteiger partial charge in [-0.2, -0.15) is 0 Å². The molecule has 0 aromatic rings. The van der Waals surface area contributed by atoms with Gasteiger partial charge in [-0.05, 0) is 6.92 Å². The molecule has 0 radical (unpaired) electrons. The molecule has 1 fully saturated rings. The first-order valence-corrected chi connectivity index (χ1v) is 4.41. The molecule has 1 saturated heterocycles. The number of hydrogen-bond acceptors (Lipinski definition) is 5. The summed E-state index contributed by atoms with van der Waals surface area (Å²) in [4.78, 5) is 21.5. The third-order valence-electron chi connectivity index (χ3n) is 1.70. The lowest BCUT2D eigenvalue weighted by atomic mass is 10.3. The molecule has 0 aromatic heterocycles. The maximum Gasteiger partial charge on any atom is 0.333 e. The molecule has 0 saturated carbocycles. The largest absolute Gasteiger partial charge is 0.478 e. The molecule has 0 aromatic carbocycles. The van der Waals surface area contributed by atoms with Crippen LogP contribution in [0, 0.1) is 0 Å². The molecule has 6 nitrogen and oxygen atoms in total. The molecular formula is C9H12O6. The van der Waals surface area contributed by atoms with Gasteiger partial charge >= 0.3 is 11.9 Å². The van der Waals surface area contributed by atoms with Crippen molar-refractivity contribution in [2.45, 2.75) is 13.2 Å². The number of hydrogen-bond donors (Lipinski definition) is 1. The number of carboxylic acids is 1. The van der Waals surface area contributed by atoms with Gasteiger partial charge in [0.1, 0.15) is 6.61 Å². The van der Waals surface area contributed by atoms with Crippen LogP contribution in [-0.4, -0.2) is 43.2 Å². The van der Waals surface area contributed by atoms with Crippen LogP contribution in [-0.2, 0) is 23.8 Å². The van der Waals surface area contributed by atoms with E-state index in [1.54, 1.807) is 0 Å². The van der Waals surface area contributed by atoms with Gasteiger partial charge in [-0.3, -0.25) is 0 Å². The summed E-state index contributed by atoms with van der Waals surface area (Å²) in [6, 6.07) is 0. The van der Waals surface area contributed by atoms with Crippen molar-refractivity contribution < 1.29 is 28.9 Å². The molecule has 1 atom stereocenters. The number of esters is 1. The molecule has 1 heterocycles. The van der Waals surface area contributed by atoms with Crippen molar-refractivity contribution in [3.8, 4) is 0 Å². The van der Waals surface area contributed by atoms with Gasteiger partial charge in [0.15, 0.2) is 0 Å². The normalized spacial score (nSPS) is 22.2. The van der Waals surface area contributed by atoms with E-state index in [1.165, 1.54) is 6.92 Å². The fourth-order valence-corrected chi connectivity index (χ4v) is 0.936.